The van der Waals surface area contributed by atoms with Gasteiger partial charge in [0.25, 0.3) is 0 Å². The monoisotopic (exact) mass is 385 g/mol. The second kappa shape index (κ2) is 6.92. The molecule has 0 saturated carbocycles. The first-order valence-corrected chi connectivity index (χ1v) is 8.53. The Morgan fingerprint density at radius 1 is 1.04 bits per heavy atom. The molecule has 1 aromatic carbocycles. The summed E-state index contributed by atoms with van der Waals surface area (Å²) < 4.78 is 0. The number of nitrogens with one attached hydrogen (secondary N) is 2. The minimum Gasteiger partial charge on any atom is -0.392 e. The van der Waals surface area contributed by atoms with Crippen LogP contribution < -0.4 is 5.32 Å². The number of halogens is 2. The molecule has 8 heteroatoms. The number of aliphatic hydroxyl groups is 1. The van der Waals surface area contributed by atoms with Gasteiger partial charge >= 0.3 is 0 Å². The molecule has 0 amide bonds. The summed E-state index contributed by atoms with van der Waals surface area (Å²) in [6.07, 6.45) is 3.26. The van der Waals surface area contributed by atoms with Crippen LogP contribution in [0.15, 0.2) is 48.8 Å². The first kappa shape index (κ1) is 16.8. The number of aliphatic hydroxyl groups excluding tert-OH is 1. The molecule has 4 aromatic rings. The standard InChI is InChI=1S/C18H13Cl2N5O/c19-11-2-1-3-12(20)15(11)17-23-13-6-7-21-18(16(13)25-17)24-14-5-4-10(9-26)8-22-14/h1-8,26H,9H2,(H,23,25)(H,21,22,24). The van der Waals surface area contributed by atoms with Crippen LogP contribution in [0.4, 0.5) is 11.6 Å². The fourth-order valence-electron chi connectivity index (χ4n) is 2.59. The Kier molecular flexibility index (Phi) is 4.46. The van der Waals surface area contributed by atoms with Crippen LogP contribution in [0.3, 0.4) is 0 Å². The van der Waals surface area contributed by atoms with Gasteiger partial charge < -0.3 is 15.4 Å². The number of hydrogen-bond acceptors (Lipinski definition) is 5. The van der Waals surface area contributed by atoms with Crippen molar-refractivity contribution in [3.8, 4) is 11.4 Å². The predicted octanol–water partition coefficient (Wildman–Crippen LogP) is 4.56. The largest absolute Gasteiger partial charge is 0.392 e. The lowest BCUT2D eigenvalue weighted by atomic mass is 10.2. The van der Waals surface area contributed by atoms with E-state index in [-0.39, 0.29) is 6.61 Å². The highest BCUT2D eigenvalue weighted by Crippen LogP contribution is 2.34. The fraction of sp³-hybridized carbons (Fsp3) is 0.0556. The van der Waals surface area contributed by atoms with Crippen molar-refractivity contribution in [2.75, 3.05) is 5.32 Å². The summed E-state index contributed by atoms with van der Waals surface area (Å²) in [5.41, 5.74) is 2.81. The molecule has 0 radical (unpaired) electrons. The van der Waals surface area contributed by atoms with E-state index in [0.717, 1.165) is 11.1 Å². The number of aromatic nitrogens is 4. The molecule has 3 N–H and O–H groups in total. The van der Waals surface area contributed by atoms with Gasteiger partial charge in [-0.1, -0.05) is 35.3 Å². The van der Waals surface area contributed by atoms with Crippen LogP contribution >= 0.6 is 23.2 Å². The lowest BCUT2D eigenvalue weighted by molar-refractivity contribution is 0.281. The average molecular weight is 386 g/mol. The van der Waals surface area contributed by atoms with E-state index in [1.165, 1.54) is 0 Å². The molecule has 0 aliphatic heterocycles. The van der Waals surface area contributed by atoms with Crippen LogP contribution in [-0.2, 0) is 6.61 Å². The van der Waals surface area contributed by atoms with Crippen molar-refractivity contribution >= 4 is 45.9 Å². The van der Waals surface area contributed by atoms with Gasteiger partial charge in [-0.15, -0.1) is 0 Å². The van der Waals surface area contributed by atoms with E-state index in [0.29, 0.717) is 38.6 Å². The van der Waals surface area contributed by atoms with Crippen molar-refractivity contribution in [3.63, 3.8) is 0 Å². The number of nitrogens with zero attached hydrogens (tertiary/aromatic N) is 3. The van der Waals surface area contributed by atoms with Crippen LogP contribution in [0.1, 0.15) is 5.56 Å². The number of pyridine rings is 2. The second-order valence-corrected chi connectivity index (χ2v) is 6.38. The van der Waals surface area contributed by atoms with Gasteiger partial charge in [-0.05, 0) is 29.8 Å². The smallest absolute Gasteiger partial charge is 0.157 e. The molecule has 0 bridgehead atoms. The Balaban J connectivity index is 1.76. The number of aromatic amines is 1. The summed E-state index contributed by atoms with van der Waals surface area (Å²) in [4.78, 5) is 16.4. The SMILES string of the molecule is OCc1ccc(Nc2nccc3nc(-c4c(Cl)cccc4Cl)[nH]c23)nc1. The second-order valence-electron chi connectivity index (χ2n) is 5.57. The number of imidazole rings is 1. The number of anilines is 2. The zero-order chi connectivity index (χ0) is 18.1. The summed E-state index contributed by atoms with van der Waals surface area (Å²) in [5.74, 6) is 1.75. The third-order valence-corrected chi connectivity index (χ3v) is 4.49. The van der Waals surface area contributed by atoms with E-state index in [1.807, 2.05) is 0 Å². The molecule has 130 valence electrons. The Morgan fingerprint density at radius 3 is 2.54 bits per heavy atom. The molecule has 4 rings (SSSR count). The Hall–Kier alpha value is -2.67. The minimum absolute atomic E-state index is 0.0520. The van der Waals surface area contributed by atoms with Crippen molar-refractivity contribution in [1.82, 2.24) is 19.9 Å². The molecule has 0 atom stereocenters. The third-order valence-electron chi connectivity index (χ3n) is 3.86. The summed E-state index contributed by atoms with van der Waals surface area (Å²) in [6, 6.07) is 10.7. The highest BCUT2D eigenvalue weighted by Gasteiger charge is 2.15. The van der Waals surface area contributed by atoms with Crippen LogP contribution in [0.5, 0.6) is 0 Å². The summed E-state index contributed by atoms with van der Waals surface area (Å²) in [6.45, 7) is -0.0520. The van der Waals surface area contributed by atoms with Gasteiger partial charge in [0.1, 0.15) is 17.2 Å². The molecular weight excluding hydrogens is 373 g/mol. The van der Waals surface area contributed by atoms with Crippen LogP contribution in [0.2, 0.25) is 10.0 Å². The minimum atomic E-state index is -0.0520. The van der Waals surface area contributed by atoms with Gasteiger partial charge in [0.2, 0.25) is 0 Å². The number of hydrogen-bond donors (Lipinski definition) is 3. The molecule has 0 aliphatic carbocycles. The molecule has 0 unspecified atom stereocenters. The van der Waals surface area contributed by atoms with Gasteiger partial charge in [-0.25, -0.2) is 15.0 Å². The summed E-state index contributed by atoms with van der Waals surface area (Å²) >= 11 is 12.6. The van der Waals surface area contributed by atoms with Gasteiger partial charge in [0.05, 0.1) is 27.7 Å². The van der Waals surface area contributed by atoms with Crippen molar-refractivity contribution < 1.29 is 5.11 Å². The molecule has 0 saturated heterocycles. The van der Waals surface area contributed by atoms with Gasteiger partial charge in [-0.2, -0.15) is 0 Å². The van der Waals surface area contributed by atoms with E-state index in [4.69, 9.17) is 28.3 Å². The third kappa shape index (κ3) is 3.10. The van der Waals surface area contributed by atoms with Gasteiger partial charge in [-0.3, -0.25) is 0 Å². The molecule has 3 aromatic heterocycles. The van der Waals surface area contributed by atoms with E-state index < -0.39 is 0 Å². The van der Waals surface area contributed by atoms with E-state index in [2.05, 4.69) is 25.3 Å². The molecule has 0 aliphatic rings. The highest BCUT2D eigenvalue weighted by atomic mass is 35.5. The molecule has 6 nitrogen and oxygen atoms in total. The number of H-pyrrole nitrogens is 1. The Morgan fingerprint density at radius 2 is 1.85 bits per heavy atom. The van der Waals surface area contributed by atoms with Gasteiger partial charge in [0.15, 0.2) is 5.82 Å². The van der Waals surface area contributed by atoms with E-state index in [1.54, 1.807) is 48.8 Å². The van der Waals surface area contributed by atoms with E-state index >= 15 is 0 Å². The van der Waals surface area contributed by atoms with Crippen molar-refractivity contribution in [2.24, 2.45) is 0 Å². The fourth-order valence-corrected chi connectivity index (χ4v) is 3.16. The molecule has 26 heavy (non-hydrogen) atoms. The van der Waals surface area contributed by atoms with Crippen molar-refractivity contribution in [1.29, 1.82) is 0 Å². The maximum absolute atomic E-state index is 9.11. The zero-order valence-corrected chi connectivity index (χ0v) is 14.9. The quantitative estimate of drug-likeness (QED) is 0.479. The molecule has 0 spiro atoms. The number of benzene rings is 1. The van der Waals surface area contributed by atoms with E-state index in [9.17, 15) is 0 Å². The average Bonchev–Trinajstić information content (AvgIpc) is 3.07. The predicted molar refractivity (Wildman–Crippen MR) is 103 cm³/mol. The van der Waals surface area contributed by atoms with Crippen LogP contribution in [0, 0.1) is 0 Å². The zero-order valence-electron chi connectivity index (χ0n) is 13.4. The molecular formula is C18H13Cl2N5O. The summed E-state index contributed by atoms with van der Waals surface area (Å²) in [5, 5.41) is 13.3. The first-order valence-electron chi connectivity index (χ1n) is 7.77. The number of rotatable bonds is 4. The lowest BCUT2D eigenvalue weighted by Gasteiger charge is -2.06. The van der Waals surface area contributed by atoms with Crippen molar-refractivity contribution in [3.05, 3.63) is 64.4 Å². The number of fused-ring (bicyclic) bond motifs is 1. The van der Waals surface area contributed by atoms with Crippen molar-refractivity contribution in [2.45, 2.75) is 6.61 Å². The topological polar surface area (TPSA) is 86.7 Å². The Bertz CT molecular complexity index is 1060. The molecule has 0 fully saturated rings. The highest BCUT2D eigenvalue weighted by molar-refractivity contribution is 6.39. The first-order chi connectivity index (χ1) is 12.7. The maximum atomic E-state index is 9.11. The maximum Gasteiger partial charge on any atom is 0.157 e. The van der Waals surface area contributed by atoms with Crippen LogP contribution in [-0.4, -0.2) is 25.0 Å². The summed E-state index contributed by atoms with van der Waals surface area (Å²) in [7, 11) is 0. The van der Waals surface area contributed by atoms with Crippen LogP contribution in [0.25, 0.3) is 22.4 Å². The molecule has 3 heterocycles. The lowest BCUT2D eigenvalue weighted by Crippen LogP contribution is -1.97. The van der Waals surface area contributed by atoms with Gasteiger partial charge in [0, 0.05) is 12.4 Å². The normalized spacial score (nSPS) is 11.0. The Labute approximate surface area is 158 Å².